The Balaban J connectivity index is 1.71. The Labute approximate surface area is 140 Å². The van der Waals surface area contributed by atoms with Gasteiger partial charge in [-0.3, -0.25) is 0 Å². The second-order valence-electron chi connectivity index (χ2n) is 5.82. The molecule has 2 heterocycles. The average Bonchev–Trinajstić information content (AvgIpc) is 2.70. The van der Waals surface area contributed by atoms with Gasteiger partial charge in [0.15, 0.2) is 0 Å². The number of carbonyl (C=O) groups excluding carboxylic acids is 1. The van der Waals surface area contributed by atoms with Gasteiger partial charge >= 0.3 is 6.03 Å². The fourth-order valence-corrected chi connectivity index (χ4v) is 3.18. The predicted octanol–water partition coefficient (Wildman–Crippen LogP) is 2.55. The van der Waals surface area contributed by atoms with E-state index in [4.69, 9.17) is 16.3 Å². The summed E-state index contributed by atoms with van der Waals surface area (Å²) in [5.74, 6) is 0.778. The Morgan fingerprint density at radius 1 is 1.52 bits per heavy atom. The number of nitrogens with zero attached hydrogens (tertiary/aromatic N) is 3. The molecule has 23 heavy (non-hydrogen) atoms. The smallest absolute Gasteiger partial charge is 0.318 e. The number of ether oxygens (including phenoxy) is 1. The summed E-state index contributed by atoms with van der Waals surface area (Å²) in [4.78, 5) is 18.8. The normalized spacial score (nSPS) is 18.9. The number of amides is 2. The Kier molecular flexibility index (Phi) is 4.73. The predicted molar refractivity (Wildman–Crippen MR) is 89.6 cm³/mol. The maximum Gasteiger partial charge on any atom is 0.318 e. The van der Waals surface area contributed by atoms with E-state index < -0.39 is 0 Å². The van der Waals surface area contributed by atoms with Crippen LogP contribution in [0.5, 0.6) is 0 Å². The zero-order valence-corrected chi connectivity index (χ0v) is 14.1. The molecular weight excluding hydrogens is 316 g/mol. The Bertz CT molecular complexity index is 715. The van der Waals surface area contributed by atoms with Crippen LogP contribution in [0.2, 0.25) is 5.02 Å². The molecule has 1 saturated heterocycles. The Morgan fingerprint density at radius 2 is 2.35 bits per heavy atom. The number of aryl methyl sites for hydroxylation is 1. The fourth-order valence-electron chi connectivity index (χ4n) is 2.89. The first-order valence-corrected chi connectivity index (χ1v) is 8.17. The van der Waals surface area contributed by atoms with Crippen molar-refractivity contribution in [2.24, 2.45) is 7.05 Å². The van der Waals surface area contributed by atoms with Crippen LogP contribution in [0.1, 0.15) is 19.2 Å². The van der Waals surface area contributed by atoms with Gasteiger partial charge in [-0.2, -0.15) is 0 Å². The van der Waals surface area contributed by atoms with Crippen molar-refractivity contribution in [3.05, 3.63) is 29.0 Å². The number of hydrogen-bond donors (Lipinski definition) is 1. The highest BCUT2D eigenvalue weighted by Gasteiger charge is 2.22. The molecule has 2 amide bonds. The van der Waals surface area contributed by atoms with Crippen molar-refractivity contribution in [1.82, 2.24) is 19.8 Å². The van der Waals surface area contributed by atoms with Crippen LogP contribution < -0.4 is 5.32 Å². The number of imidazole rings is 1. The first-order chi connectivity index (χ1) is 11.1. The van der Waals surface area contributed by atoms with E-state index in [-0.39, 0.29) is 12.1 Å². The molecule has 1 aromatic heterocycles. The second-order valence-corrected chi connectivity index (χ2v) is 6.23. The van der Waals surface area contributed by atoms with Crippen molar-refractivity contribution in [2.45, 2.75) is 25.9 Å². The van der Waals surface area contributed by atoms with Gasteiger partial charge in [0.2, 0.25) is 0 Å². The van der Waals surface area contributed by atoms with E-state index >= 15 is 0 Å². The molecule has 6 nitrogen and oxygen atoms in total. The lowest BCUT2D eigenvalue weighted by Crippen LogP contribution is -2.46. The summed E-state index contributed by atoms with van der Waals surface area (Å²) in [5.41, 5.74) is 1.72. The molecule has 1 aromatic carbocycles. The largest absolute Gasteiger partial charge is 0.379 e. The van der Waals surface area contributed by atoms with E-state index in [0.29, 0.717) is 31.3 Å². The number of halogens is 1. The summed E-state index contributed by atoms with van der Waals surface area (Å²) in [7, 11) is 1.91. The fraction of sp³-hybridized carbons (Fsp3) is 0.500. The number of hydrogen-bond acceptors (Lipinski definition) is 3. The molecule has 2 aromatic rings. The highest BCUT2D eigenvalue weighted by atomic mass is 35.5. The van der Waals surface area contributed by atoms with Gasteiger partial charge in [-0.05, 0) is 25.5 Å². The van der Waals surface area contributed by atoms with Crippen molar-refractivity contribution < 1.29 is 9.53 Å². The van der Waals surface area contributed by atoms with E-state index in [1.54, 1.807) is 0 Å². The van der Waals surface area contributed by atoms with Crippen LogP contribution in [0.15, 0.2) is 18.2 Å². The lowest BCUT2D eigenvalue weighted by atomic mass is 10.3. The van der Waals surface area contributed by atoms with E-state index in [0.717, 1.165) is 23.3 Å². The van der Waals surface area contributed by atoms with Gasteiger partial charge in [0.25, 0.3) is 0 Å². The number of aromatic nitrogens is 2. The maximum atomic E-state index is 12.4. The minimum atomic E-state index is -0.0823. The van der Waals surface area contributed by atoms with Gasteiger partial charge < -0.3 is 19.5 Å². The van der Waals surface area contributed by atoms with Gasteiger partial charge in [-0.25, -0.2) is 9.78 Å². The van der Waals surface area contributed by atoms with Crippen LogP contribution in [-0.2, 0) is 18.3 Å². The van der Waals surface area contributed by atoms with Crippen LogP contribution in [0.4, 0.5) is 4.79 Å². The third kappa shape index (κ3) is 3.28. The Morgan fingerprint density at radius 3 is 3.13 bits per heavy atom. The topological polar surface area (TPSA) is 59.4 Å². The minimum Gasteiger partial charge on any atom is -0.379 e. The molecule has 1 fully saturated rings. The zero-order valence-electron chi connectivity index (χ0n) is 13.4. The molecular formula is C16H21ClN4O2. The molecule has 0 saturated carbocycles. The lowest BCUT2D eigenvalue weighted by molar-refractivity contribution is 0.113. The van der Waals surface area contributed by atoms with Crippen LogP contribution in [0, 0.1) is 0 Å². The molecule has 124 valence electrons. The van der Waals surface area contributed by atoms with E-state index in [9.17, 15) is 4.79 Å². The first kappa shape index (κ1) is 16.1. The number of fused-ring (bicyclic) bond motifs is 1. The number of nitrogens with one attached hydrogen (secondary N) is 1. The van der Waals surface area contributed by atoms with Gasteiger partial charge in [-0.15, -0.1) is 0 Å². The first-order valence-electron chi connectivity index (χ1n) is 7.80. The summed E-state index contributed by atoms with van der Waals surface area (Å²) < 4.78 is 7.39. The second kappa shape index (κ2) is 6.76. The average molecular weight is 337 g/mol. The summed E-state index contributed by atoms with van der Waals surface area (Å²) in [6.07, 6.45) is 0.861. The minimum absolute atomic E-state index is 0.0763. The number of para-hydroxylation sites is 1. The molecule has 0 spiro atoms. The quantitative estimate of drug-likeness (QED) is 0.916. The molecule has 7 heteroatoms. The van der Waals surface area contributed by atoms with E-state index in [1.807, 2.05) is 41.6 Å². The number of rotatable bonds is 2. The standard InChI is InChI=1S/C16H21ClN4O2/c1-11-10-23-8-4-7-21(11)16(22)18-9-14-19-13-6-3-5-12(17)15(13)20(14)2/h3,5-6,11H,4,7-10H2,1-2H3,(H,18,22). The maximum absolute atomic E-state index is 12.4. The monoisotopic (exact) mass is 336 g/mol. The molecule has 0 bridgehead atoms. The summed E-state index contributed by atoms with van der Waals surface area (Å²) in [6.45, 7) is 4.36. The van der Waals surface area contributed by atoms with Gasteiger partial charge in [0.05, 0.1) is 35.2 Å². The lowest BCUT2D eigenvalue weighted by Gasteiger charge is -2.26. The van der Waals surface area contributed by atoms with Crippen molar-refractivity contribution in [3.63, 3.8) is 0 Å². The number of benzene rings is 1. The van der Waals surface area contributed by atoms with Crippen molar-refractivity contribution in [3.8, 4) is 0 Å². The molecule has 0 aliphatic carbocycles. The van der Waals surface area contributed by atoms with Gasteiger partial charge in [0.1, 0.15) is 5.82 Å². The third-order valence-corrected chi connectivity index (χ3v) is 4.48. The van der Waals surface area contributed by atoms with Crippen LogP contribution >= 0.6 is 11.6 Å². The van der Waals surface area contributed by atoms with Crippen LogP contribution in [0.3, 0.4) is 0 Å². The van der Waals surface area contributed by atoms with E-state index in [1.165, 1.54) is 0 Å². The molecule has 1 aliphatic heterocycles. The van der Waals surface area contributed by atoms with Crippen LogP contribution in [0.25, 0.3) is 11.0 Å². The molecule has 1 unspecified atom stereocenters. The molecule has 0 radical (unpaired) electrons. The molecule has 3 rings (SSSR count). The van der Waals surface area contributed by atoms with Crippen molar-refractivity contribution >= 4 is 28.7 Å². The van der Waals surface area contributed by atoms with Crippen molar-refractivity contribution in [2.75, 3.05) is 19.8 Å². The third-order valence-electron chi connectivity index (χ3n) is 4.17. The highest BCUT2D eigenvalue weighted by molar-refractivity contribution is 6.35. The molecule has 1 atom stereocenters. The number of carbonyl (C=O) groups is 1. The van der Waals surface area contributed by atoms with E-state index in [2.05, 4.69) is 10.3 Å². The van der Waals surface area contributed by atoms with Crippen LogP contribution in [-0.4, -0.2) is 46.3 Å². The van der Waals surface area contributed by atoms with Gasteiger partial charge in [0, 0.05) is 20.2 Å². The summed E-state index contributed by atoms with van der Waals surface area (Å²) in [6, 6.07) is 5.63. The zero-order chi connectivity index (χ0) is 16.4. The summed E-state index contributed by atoms with van der Waals surface area (Å²) >= 11 is 6.23. The highest BCUT2D eigenvalue weighted by Crippen LogP contribution is 2.23. The molecule has 1 N–H and O–H groups in total. The Hall–Kier alpha value is -1.79. The van der Waals surface area contributed by atoms with Gasteiger partial charge in [-0.1, -0.05) is 17.7 Å². The number of urea groups is 1. The molecule has 1 aliphatic rings. The summed E-state index contributed by atoms with van der Waals surface area (Å²) in [5, 5.41) is 3.61. The SMILES string of the molecule is CC1COCCCN1C(=O)NCc1nc2cccc(Cl)c2n1C. The van der Waals surface area contributed by atoms with Crippen molar-refractivity contribution in [1.29, 1.82) is 0 Å².